The predicted molar refractivity (Wildman–Crippen MR) is 109 cm³/mol. The van der Waals surface area contributed by atoms with Crippen LogP contribution in [0.25, 0.3) is 0 Å². The highest BCUT2D eigenvalue weighted by Crippen LogP contribution is 2.48. The molecule has 4 atom stereocenters. The van der Waals surface area contributed by atoms with E-state index >= 15 is 0 Å². The van der Waals surface area contributed by atoms with Crippen LogP contribution < -0.4 is 0 Å². The molecule has 0 aromatic carbocycles. The maximum absolute atomic E-state index is 12.3. The van der Waals surface area contributed by atoms with E-state index in [9.17, 15) is 19.8 Å². The van der Waals surface area contributed by atoms with E-state index in [0.717, 1.165) is 51.4 Å². The normalized spacial score (nSPS) is 27.8. The van der Waals surface area contributed by atoms with Crippen molar-refractivity contribution >= 4 is 11.8 Å². The third-order valence-corrected chi connectivity index (χ3v) is 6.91. The van der Waals surface area contributed by atoms with E-state index in [1.165, 1.54) is 6.42 Å². The SMILES string of the molecule is CCCC1(C(O)CC=C[C@H]2[C@H](O)CC(=O)[C@H]2CCCCCCC(=O)O)CCC1. The Morgan fingerprint density at radius 2 is 1.96 bits per heavy atom. The van der Waals surface area contributed by atoms with E-state index in [-0.39, 0.29) is 42.0 Å². The number of Topliss-reactive ketones (excluding diaryl/α,β-unsaturated/α-hetero) is 1. The average molecular weight is 395 g/mol. The van der Waals surface area contributed by atoms with Crippen LogP contribution in [-0.4, -0.2) is 39.3 Å². The average Bonchev–Trinajstić information content (AvgIpc) is 2.87. The minimum atomic E-state index is -0.760. The summed E-state index contributed by atoms with van der Waals surface area (Å²) in [5.74, 6) is -0.919. The molecule has 0 amide bonds. The van der Waals surface area contributed by atoms with Crippen LogP contribution in [-0.2, 0) is 9.59 Å². The number of aliphatic hydroxyl groups excluding tert-OH is 2. The van der Waals surface area contributed by atoms with Crippen LogP contribution >= 0.6 is 0 Å². The van der Waals surface area contributed by atoms with Crippen molar-refractivity contribution in [1.29, 1.82) is 0 Å². The van der Waals surface area contributed by atoms with Crippen molar-refractivity contribution in [3.05, 3.63) is 12.2 Å². The molecule has 3 N–H and O–H groups in total. The second-order valence-electron chi connectivity index (χ2n) is 8.91. The van der Waals surface area contributed by atoms with E-state index in [1.54, 1.807) is 0 Å². The zero-order valence-electron chi connectivity index (χ0n) is 17.3. The standard InChI is InChI=1S/C23H38O5/c1-2-13-23(14-8-15-23)21(26)11-7-10-18-17(19(24)16-20(18)25)9-5-3-4-6-12-22(27)28/h7,10,17-18,20-21,25-26H,2-6,8-9,11-16H2,1H3,(H,27,28)/t17-,18+,20+,21?/m0/s1. The zero-order chi connectivity index (χ0) is 20.6. The molecule has 160 valence electrons. The molecule has 0 aliphatic heterocycles. The van der Waals surface area contributed by atoms with Crippen molar-refractivity contribution in [2.24, 2.45) is 17.3 Å². The molecule has 0 aromatic heterocycles. The van der Waals surface area contributed by atoms with E-state index in [4.69, 9.17) is 5.11 Å². The summed E-state index contributed by atoms with van der Waals surface area (Å²) in [7, 11) is 0. The number of aliphatic carboxylic acids is 1. The summed E-state index contributed by atoms with van der Waals surface area (Å²) in [5, 5.41) is 29.6. The molecular weight excluding hydrogens is 356 g/mol. The number of carboxylic acid groups (broad SMARTS) is 1. The first kappa shape index (κ1) is 23.1. The highest BCUT2D eigenvalue weighted by atomic mass is 16.4. The first-order valence-electron chi connectivity index (χ1n) is 11.2. The Bertz CT molecular complexity index is 537. The number of hydrogen-bond donors (Lipinski definition) is 3. The van der Waals surface area contributed by atoms with Crippen LogP contribution in [0.15, 0.2) is 12.2 Å². The van der Waals surface area contributed by atoms with Crippen molar-refractivity contribution in [2.45, 2.75) is 103 Å². The van der Waals surface area contributed by atoms with Crippen molar-refractivity contribution in [2.75, 3.05) is 0 Å². The summed E-state index contributed by atoms with van der Waals surface area (Å²) >= 11 is 0. The molecule has 0 heterocycles. The van der Waals surface area contributed by atoms with Gasteiger partial charge in [-0.15, -0.1) is 0 Å². The number of carbonyl (C=O) groups is 2. The van der Waals surface area contributed by atoms with Crippen LogP contribution in [0, 0.1) is 17.3 Å². The summed E-state index contributed by atoms with van der Waals surface area (Å²) in [6.07, 6.45) is 13.7. The Morgan fingerprint density at radius 3 is 2.57 bits per heavy atom. The second kappa shape index (κ2) is 11.1. The highest BCUT2D eigenvalue weighted by Gasteiger charge is 2.42. The third kappa shape index (κ3) is 6.15. The molecule has 28 heavy (non-hydrogen) atoms. The summed E-state index contributed by atoms with van der Waals surface area (Å²) in [5.41, 5.74) is 0.0819. The van der Waals surface area contributed by atoms with Gasteiger partial charge in [0.25, 0.3) is 0 Å². The summed E-state index contributed by atoms with van der Waals surface area (Å²) in [6, 6.07) is 0. The number of ketones is 1. The minimum Gasteiger partial charge on any atom is -0.481 e. The first-order valence-corrected chi connectivity index (χ1v) is 11.2. The lowest BCUT2D eigenvalue weighted by Gasteiger charge is -2.45. The largest absolute Gasteiger partial charge is 0.481 e. The van der Waals surface area contributed by atoms with Gasteiger partial charge in [0.1, 0.15) is 5.78 Å². The highest BCUT2D eigenvalue weighted by molar-refractivity contribution is 5.84. The molecule has 2 rings (SSSR count). The van der Waals surface area contributed by atoms with E-state index in [0.29, 0.717) is 12.8 Å². The third-order valence-electron chi connectivity index (χ3n) is 6.91. The quantitative estimate of drug-likeness (QED) is 0.320. The van der Waals surface area contributed by atoms with E-state index < -0.39 is 12.1 Å². The minimum absolute atomic E-state index is 0.0819. The topological polar surface area (TPSA) is 94.8 Å². The fourth-order valence-corrected chi connectivity index (χ4v) is 5.08. The predicted octanol–water partition coefficient (Wildman–Crippen LogP) is 4.26. The van der Waals surface area contributed by atoms with Gasteiger partial charge >= 0.3 is 5.97 Å². The van der Waals surface area contributed by atoms with Crippen LogP contribution in [0.2, 0.25) is 0 Å². The van der Waals surface area contributed by atoms with Gasteiger partial charge in [0.15, 0.2) is 0 Å². The lowest BCUT2D eigenvalue weighted by Crippen LogP contribution is -2.41. The molecular formula is C23H38O5. The molecule has 2 saturated carbocycles. The van der Waals surface area contributed by atoms with Crippen LogP contribution in [0.4, 0.5) is 0 Å². The van der Waals surface area contributed by atoms with Crippen LogP contribution in [0.5, 0.6) is 0 Å². The molecule has 5 heteroatoms. The van der Waals surface area contributed by atoms with Gasteiger partial charge in [-0.3, -0.25) is 9.59 Å². The molecule has 2 aliphatic carbocycles. The van der Waals surface area contributed by atoms with Gasteiger partial charge in [-0.1, -0.05) is 51.2 Å². The molecule has 0 aromatic rings. The molecule has 1 unspecified atom stereocenters. The van der Waals surface area contributed by atoms with Crippen molar-refractivity contribution < 1.29 is 24.9 Å². The molecule has 0 saturated heterocycles. The fraction of sp³-hybridized carbons (Fsp3) is 0.826. The molecule has 2 aliphatic rings. The van der Waals surface area contributed by atoms with Crippen LogP contribution in [0.1, 0.15) is 90.4 Å². The number of rotatable bonds is 13. The van der Waals surface area contributed by atoms with Gasteiger partial charge in [0.2, 0.25) is 0 Å². The number of unbranched alkanes of at least 4 members (excludes halogenated alkanes) is 3. The molecule has 0 spiro atoms. The van der Waals surface area contributed by atoms with Crippen molar-refractivity contribution in [1.82, 2.24) is 0 Å². The van der Waals surface area contributed by atoms with Crippen LogP contribution in [0.3, 0.4) is 0 Å². The Labute approximate surface area is 169 Å². The van der Waals surface area contributed by atoms with Crippen molar-refractivity contribution in [3.63, 3.8) is 0 Å². The number of carbonyl (C=O) groups excluding carboxylic acids is 1. The van der Waals surface area contributed by atoms with Gasteiger partial charge in [-0.2, -0.15) is 0 Å². The maximum atomic E-state index is 12.3. The van der Waals surface area contributed by atoms with Crippen molar-refractivity contribution in [3.8, 4) is 0 Å². The Morgan fingerprint density at radius 1 is 1.25 bits per heavy atom. The number of aliphatic hydroxyl groups is 2. The lowest BCUT2D eigenvalue weighted by molar-refractivity contribution is -0.137. The fourth-order valence-electron chi connectivity index (χ4n) is 5.08. The summed E-state index contributed by atoms with van der Waals surface area (Å²) in [4.78, 5) is 22.8. The van der Waals surface area contributed by atoms with Gasteiger partial charge in [-0.05, 0) is 43.9 Å². The number of carboxylic acids is 1. The molecule has 5 nitrogen and oxygen atoms in total. The van der Waals surface area contributed by atoms with E-state index in [1.807, 2.05) is 12.2 Å². The van der Waals surface area contributed by atoms with Gasteiger partial charge in [0, 0.05) is 24.7 Å². The molecule has 2 fully saturated rings. The monoisotopic (exact) mass is 394 g/mol. The Hall–Kier alpha value is -1.20. The maximum Gasteiger partial charge on any atom is 0.303 e. The first-order chi connectivity index (χ1) is 13.4. The Kier molecular flexibility index (Phi) is 9.16. The summed E-state index contributed by atoms with van der Waals surface area (Å²) in [6.45, 7) is 2.16. The van der Waals surface area contributed by atoms with Gasteiger partial charge in [0.05, 0.1) is 12.2 Å². The molecule has 0 radical (unpaired) electrons. The Balaban J connectivity index is 1.79. The smallest absolute Gasteiger partial charge is 0.303 e. The summed E-state index contributed by atoms with van der Waals surface area (Å²) < 4.78 is 0. The van der Waals surface area contributed by atoms with E-state index in [2.05, 4.69) is 6.92 Å². The van der Waals surface area contributed by atoms with Gasteiger partial charge < -0.3 is 15.3 Å². The zero-order valence-corrected chi connectivity index (χ0v) is 17.3. The lowest BCUT2D eigenvalue weighted by atomic mass is 9.62. The number of hydrogen-bond acceptors (Lipinski definition) is 4. The molecule has 0 bridgehead atoms. The van der Waals surface area contributed by atoms with Gasteiger partial charge in [-0.25, -0.2) is 0 Å². The second-order valence-corrected chi connectivity index (χ2v) is 8.91.